The molecule has 5 nitrogen and oxygen atoms in total. The van der Waals surface area contributed by atoms with Crippen molar-refractivity contribution in [3.8, 4) is 5.69 Å². The third-order valence-electron chi connectivity index (χ3n) is 3.68. The highest BCUT2D eigenvalue weighted by Crippen LogP contribution is 2.17. The molecule has 0 unspecified atom stereocenters. The van der Waals surface area contributed by atoms with E-state index < -0.39 is 11.5 Å². The van der Waals surface area contributed by atoms with E-state index in [1.165, 1.54) is 25.8 Å². The monoisotopic (exact) mass is 286 g/mol. The number of hydrogen-bond acceptors (Lipinski definition) is 2. The highest BCUT2D eigenvalue weighted by Gasteiger charge is 2.35. The fraction of sp³-hybridized carbons (Fsp3) is 0.250. The number of aromatic nitrogens is 1. The molecule has 0 bridgehead atoms. The van der Waals surface area contributed by atoms with Crippen LogP contribution in [0.4, 0.5) is 0 Å². The van der Waals surface area contributed by atoms with Gasteiger partial charge in [0.2, 0.25) is 0 Å². The van der Waals surface area contributed by atoms with Crippen LogP contribution in [0.3, 0.4) is 0 Å². The third-order valence-corrected chi connectivity index (χ3v) is 3.68. The first-order chi connectivity index (χ1) is 9.84. The third kappa shape index (κ3) is 2.81. The lowest BCUT2D eigenvalue weighted by Gasteiger charge is -2.31. The van der Waals surface area contributed by atoms with Gasteiger partial charge in [-0.3, -0.25) is 4.79 Å². The van der Waals surface area contributed by atoms with Crippen LogP contribution in [0.15, 0.2) is 48.8 Å². The smallest absolute Gasteiger partial charge is 0.329 e. The van der Waals surface area contributed by atoms with Crippen LogP contribution in [0.5, 0.6) is 0 Å². The summed E-state index contributed by atoms with van der Waals surface area (Å²) in [5.74, 6) is -1.36. The number of nitrogens with zero attached hydrogens (tertiary/aromatic N) is 2. The zero-order chi connectivity index (χ0) is 15.6. The van der Waals surface area contributed by atoms with Gasteiger partial charge in [0.15, 0.2) is 0 Å². The molecule has 1 amide bonds. The number of hydrogen-bond donors (Lipinski definition) is 1. The first-order valence-electron chi connectivity index (χ1n) is 6.59. The topological polar surface area (TPSA) is 62.5 Å². The lowest BCUT2D eigenvalue weighted by molar-refractivity contribution is -0.147. The standard InChI is InChI=1S/C16H18N2O3/c1-16(2,15(20)21)17(3)14(19)12-6-8-13(9-7-12)18-10-4-5-11-18/h4-11H,1-3H3,(H,20,21). The molecule has 0 fully saturated rings. The molecule has 1 aromatic carbocycles. The lowest BCUT2D eigenvalue weighted by atomic mass is 10.0. The molecule has 0 saturated heterocycles. The molecule has 5 heteroatoms. The van der Waals surface area contributed by atoms with Gasteiger partial charge in [0.25, 0.3) is 5.91 Å². The zero-order valence-corrected chi connectivity index (χ0v) is 12.3. The van der Waals surface area contributed by atoms with Crippen molar-refractivity contribution in [2.45, 2.75) is 19.4 Å². The first-order valence-corrected chi connectivity index (χ1v) is 6.59. The summed E-state index contributed by atoms with van der Waals surface area (Å²) in [7, 11) is 1.50. The van der Waals surface area contributed by atoms with Crippen molar-refractivity contribution >= 4 is 11.9 Å². The molecule has 1 heterocycles. The molecule has 110 valence electrons. The van der Waals surface area contributed by atoms with E-state index in [2.05, 4.69) is 0 Å². The summed E-state index contributed by atoms with van der Waals surface area (Å²) in [4.78, 5) is 24.8. The van der Waals surface area contributed by atoms with Gasteiger partial charge in [-0.05, 0) is 50.2 Å². The van der Waals surface area contributed by atoms with E-state index in [1.807, 2.05) is 41.2 Å². The van der Waals surface area contributed by atoms with Crippen molar-refractivity contribution in [3.05, 3.63) is 54.4 Å². The summed E-state index contributed by atoms with van der Waals surface area (Å²) < 4.78 is 1.93. The Kier molecular flexibility index (Phi) is 3.84. The van der Waals surface area contributed by atoms with E-state index in [9.17, 15) is 14.7 Å². The summed E-state index contributed by atoms with van der Waals surface area (Å²) in [6.45, 7) is 3.00. The predicted octanol–water partition coefficient (Wildman–Crippen LogP) is 2.41. The number of rotatable bonds is 4. The Hall–Kier alpha value is -2.56. The number of amides is 1. The quantitative estimate of drug-likeness (QED) is 0.938. The number of benzene rings is 1. The zero-order valence-electron chi connectivity index (χ0n) is 12.3. The molecular weight excluding hydrogens is 268 g/mol. The minimum Gasteiger partial charge on any atom is -0.480 e. The second kappa shape index (κ2) is 5.44. The van der Waals surface area contributed by atoms with Crippen molar-refractivity contribution in [2.24, 2.45) is 0 Å². The average molecular weight is 286 g/mol. The van der Waals surface area contributed by atoms with Crippen molar-refractivity contribution in [1.29, 1.82) is 0 Å². The molecule has 0 aliphatic rings. The van der Waals surface area contributed by atoms with E-state index in [0.29, 0.717) is 5.56 Å². The van der Waals surface area contributed by atoms with Crippen LogP contribution in [0.25, 0.3) is 5.69 Å². The SMILES string of the molecule is CN(C(=O)c1ccc(-n2cccc2)cc1)C(C)(C)C(=O)O. The number of aliphatic carboxylic acids is 1. The van der Waals surface area contributed by atoms with E-state index >= 15 is 0 Å². The van der Waals surface area contributed by atoms with Gasteiger partial charge < -0.3 is 14.6 Å². The van der Waals surface area contributed by atoms with E-state index in [-0.39, 0.29) is 5.91 Å². The van der Waals surface area contributed by atoms with Crippen molar-refractivity contribution in [2.75, 3.05) is 7.05 Å². The number of carboxylic acid groups (broad SMARTS) is 1. The molecule has 1 N–H and O–H groups in total. The van der Waals surface area contributed by atoms with Gasteiger partial charge >= 0.3 is 5.97 Å². The molecule has 0 saturated carbocycles. The number of carboxylic acids is 1. The average Bonchev–Trinajstić information content (AvgIpc) is 3.00. The fourth-order valence-electron chi connectivity index (χ4n) is 1.87. The summed E-state index contributed by atoms with van der Waals surface area (Å²) >= 11 is 0. The van der Waals surface area contributed by atoms with Gasteiger partial charge in [-0.25, -0.2) is 4.79 Å². The summed E-state index contributed by atoms with van der Waals surface area (Å²) in [5.41, 5.74) is 0.148. The van der Waals surface area contributed by atoms with Gasteiger partial charge in [0, 0.05) is 30.7 Å². The van der Waals surface area contributed by atoms with Crippen LogP contribution in [0, 0.1) is 0 Å². The van der Waals surface area contributed by atoms with Crippen molar-refractivity contribution < 1.29 is 14.7 Å². The molecule has 0 aliphatic carbocycles. The predicted molar refractivity (Wildman–Crippen MR) is 79.6 cm³/mol. The van der Waals surface area contributed by atoms with Crippen LogP contribution < -0.4 is 0 Å². The van der Waals surface area contributed by atoms with Crippen molar-refractivity contribution in [3.63, 3.8) is 0 Å². The van der Waals surface area contributed by atoms with Crippen LogP contribution in [0.2, 0.25) is 0 Å². The molecule has 0 radical (unpaired) electrons. The van der Waals surface area contributed by atoms with E-state index in [4.69, 9.17) is 0 Å². The van der Waals surface area contributed by atoms with Gasteiger partial charge in [-0.2, -0.15) is 0 Å². The normalized spacial score (nSPS) is 11.2. The maximum absolute atomic E-state index is 12.3. The molecule has 1 aromatic heterocycles. The van der Waals surface area contributed by atoms with Crippen LogP contribution in [-0.4, -0.2) is 39.0 Å². The summed E-state index contributed by atoms with van der Waals surface area (Å²) in [6.07, 6.45) is 3.83. The van der Waals surface area contributed by atoms with Crippen LogP contribution >= 0.6 is 0 Å². The maximum atomic E-state index is 12.3. The highest BCUT2D eigenvalue weighted by molar-refractivity contribution is 5.97. The minimum absolute atomic E-state index is 0.318. The van der Waals surface area contributed by atoms with Crippen LogP contribution in [-0.2, 0) is 4.79 Å². The van der Waals surface area contributed by atoms with Gasteiger partial charge in [0.05, 0.1) is 0 Å². The molecule has 2 rings (SSSR count). The first kappa shape index (κ1) is 14.8. The second-order valence-corrected chi connectivity index (χ2v) is 5.37. The Morgan fingerprint density at radius 2 is 1.62 bits per heavy atom. The Balaban J connectivity index is 2.23. The Labute approximate surface area is 123 Å². The lowest BCUT2D eigenvalue weighted by Crippen LogP contribution is -2.50. The largest absolute Gasteiger partial charge is 0.480 e. The van der Waals surface area contributed by atoms with Crippen LogP contribution in [0.1, 0.15) is 24.2 Å². The number of carbonyl (C=O) groups excluding carboxylic acids is 1. The second-order valence-electron chi connectivity index (χ2n) is 5.37. The van der Waals surface area contributed by atoms with E-state index in [1.54, 1.807) is 12.1 Å². The molecule has 0 atom stereocenters. The molecule has 21 heavy (non-hydrogen) atoms. The highest BCUT2D eigenvalue weighted by atomic mass is 16.4. The Bertz CT molecular complexity index is 643. The molecule has 0 aliphatic heterocycles. The van der Waals surface area contributed by atoms with Gasteiger partial charge in [-0.1, -0.05) is 0 Å². The Morgan fingerprint density at radius 3 is 2.10 bits per heavy atom. The number of likely N-dealkylation sites (N-methyl/N-ethyl adjacent to an activating group) is 1. The van der Waals surface area contributed by atoms with Crippen molar-refractivity contribution in [1.82, 2.24) is 9.47 Å². The molecule has 2 aromatic rings. The summed E-state index contributed by atoms with van der Waals surface area (Å²) in [5, 5.41) is 9.18. The fourth-order valence-corrected chi connectivity index (χ4v) is 1.87. The summed E-state index contributed by atoms with van der Waals surface area (Å²) in [6, 6.07) is 10.9. The van der Waals surface area contributed by atoms with Gasteiger partial charge in [-0.15, -0.1) is 0 Å². The number of carbonyl (C=O) groups is 2. The molecular formula is C16H18N2O3. The molecule has 0 spiro atoms. The Morgan fingerprint density at radius 1 is 1.10 bits per heavy atom. The maximum Gasteiger partial charge on any atom is 0.329 e. The minimum atomic E-state index is -1.25. The van der Waals surface area contributed by atoms with E-state index in [0.717, 1.165) is 5.69 Å². The van der Waals surface area contributed by atoms with Gasteiger partial charge in [0.1, 0.15) is 5.54 Å².